The van der Waals surface area contributed by atoms with Crippen molar-refractivity contribution in [2.24, 2.45) is 0 Å². The summed E-state index contributed by atoms with van der Waals surface area (Å²) in [5.41, 5.74) is 9.29. The van der Waals surface area contributed by atoms with Crippen LogP contribution in [-0.2, 0) is 0 Å². The maximum atomic E-state index is 11.2. The van der Waals surface area contributed by atoms with Gasteiger partial charge in [0.2, 0.25) is 0 Å². The highest BCUT2D eigenvalue weighted by Crippen LogP contribution is 2.31. The molecular formula is C19H14N2O4. The minimum atomic E-state index is -1.19. The van der Waals surface area contributed by atoms with Crippen molar-refractivity contribution >= 4 is 17.6 Å². The molecule has 0 aliphatic rings. The van der Waals surface area contributed by atoms with E-state index in [2.05, 4.69) is 4.98 Å². The number of aromatic carboxylic acids is 2. The summed E-state index contributed by atoms with van der Waals surface area (Å²) >= 11 is 0. The fourth-order valence-electron chi connectivity index (χ4n) is 2.58. The molecule has 3 aromatic rings. The zero-order valence-corrected chi connectivity index (χ0v) is 13.0. The minimum absolute atomic E-state index is 0.0910. The molecule has 0 saturated carbocycles. The van der Waals surface area contributed by atoms with Gasteiger partial charge in [-0.1, -0.05) is 12.1 Å². The Balaban J connectivity index is 2.09. The number of hydrogen-bond acceptors (Lipinski definition) is 4. The van der Waals surface area contributed by atoms with Crippen LogP contribution in [0.15, 0.2) is 60.9 Å². The van der Waals surface area contributed by atoms with Crippen molar-refractivity contribution in [3.8, 4) is 22.3 Å². The standard InChI is InChI=1S/C19H14N2O4/c20-17-10-12(1-2-16(17)11-3-5-21-6-4-11)13-7-14(18(22)23)9-15(8-13)19(24)25/h1-10H,20H2,(H,22,23)(H,24,25). The average Bonchev–Trinajstić information content (AvgIpc) is 2.61. The van der Waals surface area contributed by atoms with Gasteiger partial charge >= 0.3 is 11.9 Å². The first-order valence-corrected chi connectivity index (χ1v) is 7.37. The van der Waals surface area contributed by atoms with Gasteiger partial charge in [0.15, 0.2) is 0 Å². The number of carbonyl (C=O) groups is 2. The van der Waals surface area contributed by atoms with E-state index < -0.39 is 11.9 Å². The summed E-state index contributed by atoms with van der Waals surface area (Å²) in [6.07, 6.45) is 3.33. The molecule has 6 nitrogen and oxygen atoms in total. The summed E-state index contributed by atoms with van der Waals surface area (Å²) in [5.74, 6) is -2.38. The molecule has 2 aromatic carbocycles. The first-order chi connectivity index (χ1) is 12.0. The van der Waals surface area contributed by atoms with Crippen LogP contribution in [0.3, 0.4) is 0 Å². The molecule has 0 bridgehead atoms. The summed E-state index contributed by atoms with van der Waals surface area (Å²) in [5, 5.41) is 18.4. The molecule has 1 aromatic heterocycles. The lowest BCUT2D eigenvalue weighted by atomic mass is 9.96. The third-order valence-corrected chi connectivity index (χ3v) is 3.80. The van der Waals surface area contributed by atoms with Crippen LogP contribution in [0.25, 0.3) is 22.3 Å². The first-order valence-electron chi connectivity index (χ1n) is 7.37. The lowest BCUT2D eigenvalue weighted by molar-refractivity contribution is 0.0696. The Labute approximate surface area is 143 Å². The van der Waals surface area contributed by atoms with E-state index in [0.717, 1.165) is 17.2 Å². The molecule has 0 aliphatic carbocycles. The van der Waals surface area contributed by atoms with Crippen molar-refractivity contribution in [1.29, 1.82) is 0 Å². The van der Waals surface area contributed by atoms with Crippen molar-refractivity contribution in [2.75, 3.05) is 5.73 Å². The van der Waals surface area contributed by atoms with E-state index in [9.17, 15) is 19.8 Å². The maximum absolute atomic E-state index is 11.2. The normalized spacial score (nSPS) is 10.4. The third-order valence-electron chi connectivity index (χ3n) is 3.80. The van der Waals surface area contributed by atoms with Gasteiger partial charge in [-0.15, -0.1) is 0 Å². The zero-order valence-electron chi connectivity index (χ0n) is 13.0. The Kier molecular flexibility index (Phi) is 4.18. The summed E-state index contributed by atoms with van der Waals surface area (Å²) in [6, 6.07) is 12.9. The Bertz CT molecular complexity index is 936. The molecule has 0 radical (unpaired) electrons. The van der Waals surface area contributed by atoms with Gasteiger partial charge in [0.05, 0.1) is 11.1 Å². The van der Waals surface area contributed by atoms with E-state index in [0.29, 0.717) is 16.8 Å². The second-order valence-electron chi connectivity index (χ2n) is 5.45. The second-order valence-corrected chi connectivity index (χ2v) is 5.45. The third kappa shape index (κ3) is 3.32. The summed E-state index contributed by atoms with van der Waals surface area (Å²) in [6.45, 7) is 0. The Morgan fingerprint density at radius 2 is 1.36 bits per heavy atom. The van der Waals surface area contributed by atoms with Crippen LogP contribution in [0, 0.1) is 0 Å². The number of nitrogens with zero attached hydrogens (tertiary/aromatic N) is 1. The van der Waals surface area contributed by atoms with Crippen LogP contribution >= 0.6 is 0 Å². The molecular weight excluding hydrogens is 320 g/mol. The molecule has 0 saturated heterocycles. The van der Waals surface area contributed by atoms with Crippen LogP contribution in [0.2, 0.25) is 0 Å². The van der Waals surface area contributed by atoms with Gasteiger partial charge in [-0.2, -0.15) is 0 Å². The van der Waals surface area contributed by atoms with Crippen molar-refractivity contribution in [3.63, 3.8) is 0 Å². The second kappa shape index (κ2) is 6.45. The highest BCUT2D eigenvalue weighted by Gasteiger charge is 2.13. The van der Waals surface area contributed by atoms with Gasteiger partial charge in [-0.05, 0) is 53.1 Å². The van der Waals surface area contributed by atoms with E-state index in [-0.39, 0.29) is 11.1 Å². The quantitative estimate of drug-likeness (QED) is 0.630. The fourth-order valence-corrected chi connectivity index (χ4v) is 2.58. The molecule has 3 rings (SSSR count). The van der Waals surface area contributed by atoms with E-state index in [1.54, 1.807) is 24.5 Å². The van der Waals surface area contributed by atoms with Crippen LogP contribution in [0.4, 0.5) is 5.69 Å². The van der Waals surface area contributed by atoms with E-state index in [1.165, 1.54) is 12.1 Å². The minimum Gasteiger partial charge on any atom is -0.478 e. The van der Waals surface area contributed by atoms with Gasteiger partial charge in [0, 0.05) is 23.6 Å². The number of nitrogens with two attached hydrogens (primary N) is 1. The molecule has 0 spiro atoms. The van der Waals surface area contributed by atoms with E-state index in [4.69, 9.17) is 5.73 Å². The molecule has 4 N–H and O–H groups in total. The molecule has 6 heteroatoms. The maximum Gasteiger partial charge on any atom is 0.335 e. The van der Waals surface area contributed by atoms with Crippen molar-refractivity contribution < 1.29 is 19.8 Å². The SMILES string of the molecule is Nc1cc(-c2cc(C(=O)O)cc(C(=O)O)c2)ccc1-c1ccncc1. The van der Waals surface area contributed by atoms with Crippen LogP contribution in [0.1, 0.15) is 20.7 Å². The van der Waals surface area contributed by atoms with E-state index in [1.807, 2.05) is 18.2 Å². The van der Waals surface area contributed by atoms with Gasteiger partial charge in [-0.25, -0.2) is 9.59 Å². The molecule has 124 valence electrons. The highest BCUT2D eigenvalue weighted by molar-refractivity contribution is 5.96. The number of carboxylic acids is 2. The molecule has 0 amide bonds. The number of anilines is 1. The highest BCUT2D eigenvalue weighted by atomic mass is 16.4. The van der Waals surface area contributed by atoms with Gasteiger partial charge in [-0.3, -0.25) is 4.98 Å². The number of aromatic nitrogens is 1. The topological polar surface area (TPSA) is 114 Å². The largest absolute Gasteiger partial charge is 0.478 e. The smallest absolute Gasteiger partial charge is 0.335 e. The fraction of sp³-hybridized carbons (Fsp3) is 0. The molecule has 0 unspecified atom stereocenters. The molecule has 25 heavy (non-hydrogen) atoms. The number of benzene rings is 2. The number of carboxylic acid groups (broad SMARTS) is 2. The summed E-state index contributed by atoms with van der Waals surface area (Å²) in [4.78, 5) is 26.4. The lowest BCUT2D eigenvalue weighted by Gasteiger charge is -2.10. The Morgan fingerprint density at radius 1 is 0.760 bits per heavy atom. The molecule has 1 heterocycles. The van der Waals surface area contributed by atoms with Crippen LogP contribution in [-0.4, -0.2) is 27.1 Å². The number of pyridine rings is 1. The lowest BCUT2D eigenvalue weighted by Crippen LogP contribution is -2.03. The van der Waals surface area contributed by atoms with Crippen LogP contribution in [0.5, 0.6) is 0 Å². The van der Waals surface area contributed by atoms with Gasteiger partial charge in [0.25, 0.3) is 0 Å². The predicted molar refractivity (Wildman–Crippen MR) is 93.4 cm³/mol. The monoisotopic (exact) mass is 334 g/mol. The number of rotatable bonds is 4. The van der Waals surface area contributed by atoms with Gasteiger partial charge < -0.3 is 15.9 Å². The molecule has 0 aliphatic heterocycles. The Hall–Kier alpha value is -3.67. The Morgan fingerprint density at radius 3 is 1.88 bits per heavy atom. The van der Waals surface area contributed by atoms with E-state index >= 15 is 0 Å². The predicted octanol–water partition coefficient (Wildman–Crippen LogP) is 3.39. The van der Waals surface area contributed by atoms with Crippen molar-refractivity contribution in [1.82, 2.24) is 4.98 Å². The molecule has 0 fully saturated rings. The zero-order chi connectivity index (χ0) is 18.0. The van der Waals surface area contributed by atoms with Gasteiger partial charge in [0.1, 0.15) is 0 Å². The summed E-state index contributed by atoms with van der Waals surface area (Å²) < 4.78 is 0. The number of hydrogen-bond donors (Lipinski definition) is 3. The summed E-state index contributed by atoms with van der Waals surface area (Å²) in [7, 11) is 0. The number of nitrogen functional groups attached to an aromatic ring is 1. The van der Waals surface area contributed by atoms with Crippen molar-refractivity contribution in [3.05, 3.63) is 72.1 Å². The molecule has 0 atom stereocenters. The average molecular weight is 334 g/mol. The van der Waals surface area contributed by atoms with Crippen molar-refractivity contribution in [2.45, 2.75) is 0 Å². The first kappa shape index (κ1) is 16.2. The van der Waals surface area contributed by atoms with Crippen LogP contribution < -0.4 is 5.73 Å².